The molecule has 0 spiro atoms. The third-order valence-corrected chi connectivity index (χ3v) is 1.27. The second kappa shape index (κ2) is 20.0. The van der Waals surface area contributed by atoms with Gasteiger partial charge in [-0.05, 0) is 43.5 Å². The van der Waals surface area contributed by atoms with Crippen LogP contribution in [-0.4, -0.2) is 45.9 Å². The summed E-state index contributed by atoms with van der Waals surface area (Å²) in [6.07, 6.45) is 1.25. The molecule has 6 N–H and O–H groups in total. The molecular formula is C12H29ClN2O7P2S2. The van der Waals surface area contributed by atoms with Crippen molar-refractivity contribution in [3.63, 3.8) is 0 Å². The molecule has 0 aliphatic carbocycles. The second-order valence-electron chi connectivity index (χ2n) is 3.78. The lowest BCUT2D eigenvalue weighted by Gasteiger charge is -2.00. The van der Waals surface area contributed by atoms with Gasteiger partial charge in [-0.3, -0.25) is 0 Å². The molecule has 1 aromatic rings. The Morgan fingerprint density at radius 1 is 0.962 bits per heavy atom. The summed E-state index contributed by atoms with van der Waals surface area (Å²) in [5, 5.41) is 0.418. The summed E-state index contributed by atoms with van der Waals surface area (Å²) in [6.45, 7) is 4.91. The molecule has 0 unspecified atom stereocenters. The van der Waals surface area contributed by atoms with Crippen molar-refractivity contribution in [3.05, 3.63) is 16.9 Å². The molecule has 0 bridgehead atoms. The highest BCUT2D eigenvalue weighted by molar-refractivity contribution is 8.06. The van der Waals surface area contributed by atoms with Crippen molar-refractivity contribution >= 4 is 48.7 Å². The first kappa shape index (κ1) is 33.8. The molecular weight excluding hydrogens is 446 g/mol. The van der Waals surface area contributed by atoms with Crippen LogP contribution in [0.1, 0.15) is 46.7 Å². The van der Waals surface area contributed by atoms with Gasteiger partial charge in [-0.1, -0.05) is 45.7 Å². The fraction of sp³-hybridized carbons (Fsp3) is 0.667. The number of hydrogen-bond acceptors (Lipinski definition) is 5. The summed E-state index contributed by atoms with van der Waals surface area (Å²) < 4.78 is 5.06. The topological polar surface area (TPSA) is 156 Å². The van der Waals surface area contributed by atoms with E-state index in [-0.39, 0.29) is 0 Å². The smallest absolute Gasteiger partial charge is 0.319 e. The van der Waals surface area contributed by atoms with Gasteiger partial charge < -0.3 is 34.1 Å². The normalized spacial score (nSPS) is 9.58. The molecule has 0 aliphatic heterocycles. The van der Waals surface area contributed by atoms with Crippen LogP contribution >= 0.6 is 25.0 Å². The summed E-state index contributed by atoms with van der Waals surface area (Å²) in [5.41, 5.74) is 0.813. The first-order valence-corrected chi connectivity index (χ1v) is 13.0. The quantitative estimate of drug-likeness (QED) is 0.276. The first-order valence-electron chi connectivity index (χ1n) is 7.34. The van der Waals surface area contributed by atoms with Crippen LogP contribution in [0.2, 0.25) is 5.15 Å². The number of aromatic nitrogens is 2. The molecule has 1 heterocycles. The average Bonchev–Trinajstić information content (AvgIpc) is 2.37. The zero-order valence-electron chi connectivity index (χ0n) is 15.6. The van der Waals surface area contributed by atoms with Crippen LogP contribution in [-0.2, 0) is 23.6 Å². The fourth-order valence-electron chi connectivity index (χ4n) is 0.698. The lowest BCUT2D eigenvalue weighted by molar-refractivity contribution is 0.312. The summed E-state index contributed by atoms with van der Waals surface area (Å²) >= 11 is 12.9. The molecule has 0 amide bonds. The molecule has 9 nitrogen and oxygen atoms in total. The van der Waals surface area contributed by atoms with Crippen LogP contribution in [0.15, 0.2) is 6.07 Å². The van der Waals surface area contributed by atoms with Crippen molar-refractivity contribution in [2.45, 2.75) is 48.0 Å². The monoisotopic (exact) mass is 474 g/mol. The van der Waals surface area contributed by atoms with Crippen LogP contribution in [0.3, 0.4) is 0 Å². The maximum absolute atomic E-state index is 7.56. The van der Waals surface area contributed by atoms with Crippen LogP contribution in [0, 0.1) is 6.92 Å². The van der Waals surface area contributed by atoms with E-state index in [4.69, 9.17) is 45.7 Å². The Bertz CT molecular complexity index is 488. The number of hydrogen-bond donors (Lipinski definition) is 6. The highest BCUT2D eigenvalue weighted by atomic mass is 35.5. The Hall–Kier alpha value is 0.230. The van der Waals surface area contributed by atoms with Gasteiger partial charge in [0.2, 0.25) is 0 Å². The Labute approximate surface area is 170 Å². The highest BCUT2D eigenvalue weighted by Gasteiger charge is 1.98. The average molecular weight is 475 g/mol. The van der Waals surface area contributed by atoms with Crippen molar-refractivity contribution in [2.75, 3.05) is 6.61 Å². The van der Waals surface area contributed by atoms with Gasteiger partial charge >= 0.3 is 19.4 Å². The molecule has 0 radical (unpaired) electrons. The van der Waals surface area contributed by atoms with E-state index in [1.807, 2.05) is 27.7 Å². The van der Waals surface area contributed by atoms with Gasteiger partial charge in [-0.25, -0.2) is 4.98 Å². The van der Waals surface area contributed by atoms with Crippen molar-refractivity contribution < 1.29 is 34.1 Å². The second-order valence-corrected chi connectivity index (χ2v) is 9.16. The predicted octanol–water partition coefficient (Wildman–Crippen LogP) is 2.66. The number of nitrogens with zero attached hydrogens (tertiary/aromatic N) is 2. The lowest BCUT2D eigenvalue weighted by atomic mass is 10.5. The van der Waals surface area contributed by atoms with Crippen molar-refractivity contribution in [2.24, 2.45) is 0 Å². The van der Waals surface area contributed by atoms with Crippen LogP contribution < -0.4 is 4.74 Å². The zero-order chi connectivity index (χ0) is 22.0. The van der Waals surface area contributed by atoms with Gasteiger partial charge in [0, 0.05) is 5.69 Å². The number of ether oxygens (including phenoxy) is 1. The molecule has 14 heteroatoms. The van der Waals surface area contributed by atoms with E-state index in [0.717, 1.165) is 5.69 Å². The van der Waals surface area contributed by atoms with Crippen LogP contribution in [0.5, 0.6) is 6.01 Å². The van der Waals surface area contributed by atoms with E-state index in [0.29, 0.717) is 17.8 Å². The first-order chi connectivity index (χ1) is 11.6. The van der Waals surface area contributed by atoms with Crippen molar-refractivity contribution in [1.29, 1.82) is 0 Å². The number of halogens is 1. The van der Waals surface area contributed by atoms with Gasteiger partial charge in [-0.15, -0.1) is 0 Å². The Morgan fingerprint density at radius 2 is 1.27 bits per heavy atom. The lowest BCUT2D eigenvalue weighted by Crippen LogP contribution is -1.98. The van der Waals surface area contributed by atoms with Gasteiger partial charge in [-0.2, -0.15) is 4.98 Å². The van der Waals surface area contributed by atoms with E-state index in [2.05, 4.69) is 47.4 Å². The molecule has 1 rings (SSSR count). The molecule has 0 saturated heterocycles. The maximum Gasteiger partial charge on any atom is 0.319 e. The minimum absolute atomic E-state index is 0.345. The Balaban J connectivity index is -0.000000137. The summed E-state index contributed by atoms with van der Waals surface area (Å²) in [7, 11) is 0. The van der Waals surface area contributed by atoms with Crippen LogP contribution in [0.4, 0.5) is 0 Å². The molecule has 0 saturated carbocycles. The van der Waals surface area contributed by atoms with E-state index in [1.165, 1.54) is 6.42 Å². The standard InChI is InChI=1S/C7H9ClN2O.C3H8.C2H6.2H3O3PS/c1-3-11-7-9-5(2)4-6(8)10-7;1-3-2;1-2;2*1-4(2,3)5/h4H,3H2,1-2H3;3H2,1-2H3;1-2H3;2*(H3,1,2,3,5). The Kier molecular flexibility index (Phi) is 26.0. The molecule has 0 aromatic carbocycles. The van der Waals surface area contributed by atoms with E-state index in [1.54, 1.807) is 6.07 Å². The third-order valence-electron chi connectivity index (χ3n) is 1.08. The van der Waals surface area contributed by atoms with E-state index < -0.39 is 13.4 Å². The van der Waals surface area contributed by atoms with Gasteiger partial charge in [0.1, 0.15) is 5.15 Å². The summed E-state index contributed by atoms with van der Waals surface area (Å²) in [4.78, 5) is 53.2. The minimum atomic E-state index is -3.81. The highest BCUT2D eigenvalue weighted by Crippen LogP contribution is 2.26. The summed E-state index contributed by atoms with van der Waals surface area (Å²) in [5.74, 6) is 0. The largest absolute Gasteiger partial charge is 0.464 e. The molecule has 0 aliphatic rings. The van der Waals surface area contributed by atoms with Gasteiger partial charge in [0.05, 0.1) is 6.61 Å². The van der Waals surface area contributed by atoms with Crippen molar-refractivity contribution in [3.8, 4) is 6.01 Å². The molecule has 0 fully saturated rings. The zero-order valence-corrected chi connectivity index (χ0v) is 19.7. The molecule has 26 heavy (non-hydrogen) atoms. The number of rotatable bonds is 2. The molecule has 1 aromatic heterocycles. The van der Waals surface area contributed by atoms with Gasteiger partial charge in [0.25, 0.3) is 0 Å². The van der Waals surface area contributed by atoms with Crippen molar-refractivity contribution in [1.82, 2.24) is 9.97 Å². The number of aryl methyl sites for hydroxylation is 1. The van der Waals surface area contributed by atoms with E-state index >= 15 is 0 Å². The summed E-state index contributed by atoms with van der Waals surface area (Å²) in [6, 6.07) is 2.03. The minimum Gasteiger partial charge on any atom is -0.464 e. The Morgan fingerprint density at radius 3 is 1.50 bits per heavy atom. The maximum atomic E-state index is 7.56. The van der Waals surface area contributed by atoms with Gasteiger partial charge in [0.15, 0.2) is 0 Å². The molecule has 158 valence electrons. The predicted molar refractivity (Wildman–Crippen MR) is 112 cm³/mol. The van der Waals surface area contributed by atoms with E-state index in [9.17, 15) is 0 Å². The SMILES string of the molecule is CC.CCC.CCOc1nc(C)cc(Cl)n1.OP(O)(O)=S.OP(O)(O)=S. The fourth-order valence-corrected chi connectivity index (χ4v) is 0.928. The molecule has 0 atom stereocenters. The van der Waals surface area contributed by atoms with Crippen LogP contribution in [0.25, 0.3) is 0 Å². The third kappa shape index (κ3) is 56.4.